The van der Waals surface area contributed by atoms with Crippen molar-refractivity contribution in [3.05, 3.63) is 69.6 Å². The fourth-order valence-electron chi connectivity index (χ4n) is 4.53. The summed E-state index contributed by atoms with van der Waals surface area (Å²) in [7, 11) is 3.13. The number of nitrogens with zero attached hydrogens (tertiary/aromatic N) is 4. The molecule has 3 heterocycles. The Labute approximate surface area is 184 Å². The maximum Gasteiger partial charge on any atom is 0.273 e. The molecule has 1 aliphatic heterocycles. The van der Waals surface area contributed by atoms with Crippen LogP contribution in [0.4, 0.5) is 0 Å². The first kappa shape index (κ1) is 20.1. The topological polar surface area (TPSA) is 78.1 Å². The zero-order valence-corrected chi connectivity index (χ0v) is 18.3. The smallest absolute Gasteiger partial charge is 0.273 e. The van der Waals surface area contributed by atoms with E-state index in [1.165, 1.54) is 17.2 Å². The van der Waals surface area contributed by atoms with Gasteiger partial charge in [0, 0.05) is 36.3 Å². The zero-order chi connectivity index (χ0) is 22.4. The standard InChI is InChI=1S/C24H24N4O4/c1-15-10-22(29)25-24-18-11-20(31-2)21(32-3)12-19(18)27(28(15)24)14-23(30)26-9-8-16-6-4-5-7-17(16)13-26/h4-7,10-12H,8-9,13-14H2,1-3H3. The third-order valence-corrected chi connectivity index (χ3v) is 6.11. The second-order valence-corrected chi connectivity index (χ2v) is 7.99. The van der Waals surface area contributed by atoms with E-state index in [4.69, 9.17) is 9.47 Å². The minimum absolute atomic E-state index is 0.00573. The summed E-state index contributed by atoms with van der Waals surface area (Å²) < 4.78 is 14.6. The van der Waals surface area contributed by atoms with Crippen LogP contribution in [0.25, 0.3) is 16.6 Å². The van der Waals surface area contributed by atoms with Crippen molar-refractivity contribution in [1.82, 2.24) is 19.1 Å². The molecule has 0 spiro atoms. The minimum Gasteiger partial charge on any atom is -0.493 e. The van der Waals surface area contributed by atoms with Gasteiger partial charge in [0.1, 0.15) is 6.54 Å². The van der Waals surface area contributed by atoms with E-state index in [1.54, 1.807) is 20.3 Å². The highest BCUT2D eigenvalue weighted by molar-refractivity contribution is 5.96. The van der Waals surface area contributed by atoms with Crippen LogP contribution in [0.15, 0.2) is 47.3 Å². The molecule has 0 bridgehead atoms. The van der Waals surface area contributed by atoms with E-state index >= 15 is 0 Å². The van der Waals surface area contributed by atoms with Crippen LogP contribution in [0, 0.1) is 6.92 Å². The molecule has 1 aliphatic rings. The Morgan fingerprint density at radius 2 is 1.78 bits per heavy atom. The molecular weight excluding hydrogens is 408 g/mol. The molecule has 0 atom stereocenters. The Morgan fingerprint density at radius 1 is 1.06 bits per heavy atom. The number of benzene rings is 2. The van der Waals surface area contributed by atoms with Gasteiger partial charge >= 0.3 is 0 Å². The minimum atomic E-state index is -0.324. The lowest BCUT2D eigenvalue weighted by Crippen LogP contribution is -2.38. The molecule has 32 heavy (non-hydrogen) atoms. The number of hydrogen-bond acceptors (Lipinski definition) is 5. The summed E-state index contributed by atoms with van der Waals surface area (Å²) in [6.07, 6.45) is 0.841. The average molecular weight is 432 g/mol. The van der Waals surface area contributed by atoms with Gasteiger partial charge in [0.15, 0.2) is 17.1 Å². The quantitative estimate of drug-likeness (QED) is 0.495. The van der Waals surface area contributed by atoms with Gasteiger partial charge < -0.3 is 14.4 Å². The molecule has 4 aromatic rings. The number of rotatable bonds is 4. The van der Waals surface area contributed by atoms with Gasteiger partial charge in [-0.05, 0) is 30.5 Å². The molecule has 0 unspecified atom stereocenters. The van der Waals surface area contributed by atoms with E-state index in [1.807, 2.05) is 39.2 Å². The molecule has 0 fully saturated rings. The highest BCUT2D eigenvalue weighted by Gasteiger charge is 2.24. The monoisotopic (exact) mass is 432 g/mol. The molecule has 0 aliphatic carbocycles. The predicted octanol–water partition coefficient (Wildman–Crippen LogP) is 2.56. The Hall–Kier alpha value is -3.81. The summed E-state index contributed by atoms with van der Waals surface area (Å²) in [5.41, 5.74) is 4.09. The SMILES string of the molecule is COc1cc2c(cc1OC)n(CC(=O)N1CCc3ccccc3C1)n1c(C)cc(=O)nc21. The zero-order valence-electron chi connectivity index (χ0n) is 18.3. The molecule has 0 saturated carbocycles. The van der Waals surface area contributed by atoms with Crippen LogP contribution in [-0.2, 0) is 24.3 Å². The molecule has 2 aromatic heterocycles. The Bertz CT molecular complexity index is 1420. The van der Waals surface area contributed by atoms with Gasteiger partial charge in [0.2, 0.25) is 5.91 Å². The molecule has 2 aromatic carbocycles. The van der Waals surface area contributed by atoms with E-state index < -0.39 is 0 Å². The molecule has 0 saturated heterocycles. The molecule has 0 radical (unpaired) electrons. The van der Waals surface area contributed by atoms with E-state index in [9.17, 15) is 9.59 Å². The number of fused-ring (bicyclic) bond motifs is 4. The Balaban J connectivity index is 1.62. The predicted molar refractivity (Wildman–Crippen MR) is 120 cm³/mol. The van der Waals surface area contributed by atoms with Crippen molar-refractivity contribution in [3.8, 4) is 11.5 Å². The number of carbonyl (C=O) groups is 1. The van der Waals surface area contributed by atoms with Crippen molar-refractivity contribution in [2.45, 2.75) is 26.4 Å². The molecule has 5 rings (SSSR count). The summed E-state index contributed by atoms with van der Waals surface area (Å²) in [6, 6.07) is 13.3. The number of carbonyl (C=O) groups excluding carboxylic acids is 1. The van der Waals surface area contributed by atoms with Crippen molar-refractivity contribution in [3.63, 3.8) is 0 Å². The number of hydrogen-bond donors (Lipinski definition) is 0. The van der Waals surface area contributed by atoms with Crippen LogP contribution >= 0.6 is 0 Å². The fraction of sp³-hybridized carbons (Fsp3) is 0.292. The third-order valence-electron chi connectivity index (χ3n) is 6.11. The van der Waals surface area contributed by atoms with Gasteiger partial charge in [-0.1, -0.05) is 24.3 Å². The van der Waals surface area contributed by atoms with Gasteiger partial charge in [-0.15, -0.1) is 0 Å². The first-order valence-corrected chi connectivity index (χ1v) is 10.5. The number of aromatic nitrogens is 3. The molecule has 8 heteroatoms. The molecule has 8 nitrogen and oxygen atoms in total. The molecular formula is C24H24N4O4. The van der Waals surface area contributed by atoms with E-state index in [-0.39, 0.29) is 18.0 Å². The average Bonchev–Trinajstić information content (AvgIpc) is 3.10. The second-order valence-electron chi connectivity index (χ2n) is 7.99. The van der Waals surface area contributed by atoms with Gasteiger partial charge in [0.25, 0.3) is 5.56 Å². The summed E-state index contributed by atoms with van der Waals surface area (Å²) in [5.74, 6) is 1.09. The fourth-order valence-corrected chi connectivity index (χ4v) is 4.53. The Kier molecular flexibility index (Phi) is 4.84. The first-order valence-electron chi connectivity index (χ1n) is 10.5. The van der Waals surface area contributed by atoms with Crippen LogP contribution in [-0.4, -0.2) is 45.8 Å². The van der Waals surface area contributed by atoms with Gasteiger partial charge in [-0.3, -0.25) is 14.3 Å². The van der Waals surface area contributed by atoms with E-state index in [2.05, 4.69) is 17.1 Å². The first-order chi connectivity index (χ1) is 15.5. The Morgan fingerprint density at radius 3 is 2.53 bits per heavy atom. The normalized spacial score (nSPS) is 13.4. The second kappa shape index (κ2) is 7.71. The van der Waals surface area contributed by atoms with Crippen molar-refractivity contribution in [2.24, 2.45) is 0 Å². The number of aryl methyl sites for hydroxylation is 1. The molecule has 0 N–H and O–H groups in total. The summed E-state index contributed by atoms with van der Waals surface area (Å²) in [4.78, 5) is 31.6. The third kappa shape index (κ3) is 3.19. The maximum atomic E-state index is 13.4. The highest BCUT2D eigenvalue weighted by atomic mass is 16.5. The number of ether oxygens (including phenoxy) is 2. The lowest BCUT2D eigenvalue weighted by molar-refractivity contribution is -0.132. The van der Waals surface area contributed by atoms with Gasteiger partial charge in [-0.25, -0.2) is 4.52 Å². The van der Waals surface area contributed by atoms with Crippen molar-refractivity contribution < 1.29 is 14.3 Å². The molecule has 164 valence electrons. The van der Waals surface area contributed by atoms with Crippen molar-refractivity contribution in [1.29, 1.82) is 0 Å². The van der Waals surface area contributed by atoms with Gasteiger partial charge in [-0.2, -0.15) is 4.98 Å². The number of methoxy groups -OCH3 is 2. The molecule has 1 amide bonds. The van der Waals surface area contributed by atoms with E-state index in [0.29, 0.717) is 35.9 Å². The van der Waals surface area contributed by atoms with Crippen LogP contribution in [0.1, 0.15) is 16.8 Å². The maximum absolute atomic E-state index is 13.4. The lowest BCUT2D eigenvalue weighted by atomic mass is 10.00. The van der Waals surface area contributed by atoms with Crippen molar-refractivity contribution >= 4 is 22.5 Å². The lowest BCUT2D eigenvalue weighted by Gasteiger charge is -2.29. The number of amides is 1. The van der Waals surface area contributed by atoms with Gasteiger partial charge in [0.05, 0.1) is 19.7 Å². The van der Waals surface area contributed by atoms with Crippen LogP contribution in [0.3, 0.4) is 0 Å². The summed E-state index contributed by atoms with van der Waals surface area (Å²) in [5, 5.41) is 0.722. The largest absolute Gasteiger partial charge is 0.493 e. The van der Waals surface area contributed by atoms with Crippen LogP contribution < -0.4 is 15.0 Å². The van der Waals surface area contributed by atoms with Crippen molar-refractivity contribution in [2.75, 3.05) is 20.8 Å². The highest BCUT2D eigenvalue weighted by Crippen LogP contribution is 2.34. The summed E-state index contributed by atoms with van der Waals surface area (Å²) in [6.45, 7) is 3.22. The van der Waals surface area contributed by atoms with Crippen LogP contribution in [0.5, 0.6) is 11.5 Å². The summed E-state index contributed by atoms with van der Waals surface area (Å²) >= 11 is 0. The van der Waals surface area contributed by atoms with E-state index in [0.717, 1.165) is 17.3 Å². The van der Waals surface area contributed by atoms with Crippen LogP contribution in [0.2, 0.25) is 0 Å².